The van der Waals surface area contributed by atoms with E-state index in [1.165, 1.54) is 10.8 Å². The van der Waals surface area contributed by atoms with Crippen molar-refractivity contribution in [2.24, 2.45) is 0 Å². The zero-order valence-corrected chi connectivity index (χ0v) is 23.6. The molecular weight excluding hydrogens is 723 g/mol. The number of pyridine rings is 1. The third-order valence-corrected chi connectivity index (χ3v) is 9.38. The van der Waals surface area contributed by atoms with Crippen LogP contribution in [-0.4, -0.2) is 13.2 Å². The number of aromatic nitrogens is 1. The molecule has 0 amide bonds. The zero-order valence-electron chi connectivity index (χ0n) is 14.5. The summed E-state index contributed by atoms with van der Waals surface area (Å²) in [6, 6.07) is 8.25. The molecule has 0 aliphatic carbocycles. The van der Waals surface area contributed by atoms with Gasteiger partial charge in [0.05, 0.1) is 12.3 Å². The summed E-state index contributed by atoms with van der Waals surface area (Å²) in [6.45, 7) is 11.9. The molecule has 134 valence electrons. The van der Waals surface area contributed by atoms with Gasteiger partial charge < -0.3 is 4.43 Å². The molecule has 0 saturated carbocycles. The Bertz CT molecular complexity index is 672. The minimum absolute atomic E-state index is 0.220. The zero-order chi connectivity index (χ0) is 18.5. The summed E-state index contributed by atoms with van der Waals surface area (Å²) in [5.41, 5.74) is 1.02. The summed E-state index contributed by atoms with van der Waals surface area (Å²) in [6.07, 6.45) is 1.86. The number of alkyl halides is 3. The van der Waals surface area contributed by atoms with E-state index in [4.69, 9.17) is 4.43 Å². The molecule has 0 aliphatic heterocycles. The van der Waals surface area contributed by atoms with Crippen molar-refractivity contribution < 1.29 is 4.43 Å². The van der Waals surface area contributed by atoms with Crippen LogP contribution in [0.1, 0.15) is 26.5 Å². The van der Waals surface area contributed by atoms with Crippen molar-refractivity contribution in [1.82, 2.24) is 4.98 Å². The standard InChI is InChI=1S/C16H22BrNOSi.CHI3/c1-16(2,3)20(4,5)19-11-15-13-7-6-8-14(17)12(13)9-10-18-15;2-1(3)4/h6-10H,11H2,1-5H3;1H. The van der Waals surface area contributed by atoms with Gasteiger partial charge in [0.2, 0.25) is 0 Å². The van der Waals surface area contributed by atoms with Gasteiger partial charge in [-0.25, -0.2) is 0 Å². The van der Waals surface area contributed by atoms with Crippen molar-refractivity contribution >= 4 is 103 Å². The fraction of sp³-hybridized carbons (Fsp3) is 0.471. The first-order valence-electron chi connectivity index (χ1n) is 7.54. The van der Waals surface area contributed by atoms with Crippen LogP contribution in [0.4, 0.5) is 0 Å². The van der Waals surface area contributed by atoms with Gasteiger partial charge in [-0.15, -0.1) is 0 Å². The van der Waals surface area contributed by atoms with E-state index in [2.05, 4.69) is 135 Å². The Morgan fingerprint density at radius 1 is 1.12 bits per heavy atom. The third-order valence-electron chi connectivity index (χ3n) is 4.21. The Labute approximate surface area is 196 Å². The summed E-state index contributed by atoms with van der Waals surface area (Å²) in [5, 5.41) is 2.58. The molecule has 0 aliphatic rings. The lowest BCUT2D eigenvalue weighted by Gasteiger charge is -2.36. The van der Waals surface area contributed by atoms with E-state index in [0.29, 0.717) is 6.61 Å². The van der Waals surface area contributed by atoms with Crippen molar-refractivity contribution in [3.63, 3.8) is 0 Å². The molecule has 24 heavy (non-hydrogen) atoms. The van der Waals surface area contributed by atoms with Gasteiger partial charge in [0.25, 0.3) is 0 Å². The van der Waals surface area contributed by atoms with Gasteiger partial charge in [-0.1, -0.05) is 117 Å². The normalized spacial score (nSPS) is 12.2. The molecule has 1 heterocycles. The van der Waals surface area contributed by atoms with Gasteiger partial charge in [-0.2, -0.15) is 0 Å². The van der Waals surface area contributed by atoms with E-state index in [9.17, 15) is 0 Å². The lowest BCUT2D eigenvalue weighted by molar-refractivity contribution is 0.273. The van der Waals surface area contributed by atoms with Gasteiger partial charge >= 0.3 is 0 Å². The molecule has 2 nitrogen and oxygen atoms in total. The lowest BCUT2D eigenvalue weighted by Crippen LogP contribution is -2.40. The Morgan fingerprint density at radius 3 is 2.25 bits per heavy atom. The van der Waals surface area contributed by atoms with Crippen molar-refractivity contribution in [2.45, 2.75) is 45.4 Å². The second kappa shape index (κ2) is 10.1. The predicted octanol–water partition coefficient (Wildman–Crippen LogP) is 8.09. The first-order valence-corrected chi connectivity index (χ1v) is 15.0. The average molecular weight is 746 g/mol. The average Bonchev–Trinajstić information content (AvgIpc) is 2.44. The first-order chi connectivity index (χ1) is 11.0. The molecule has 1 aromatic heterocycles. The number of hydrogen-bond acceptors (Lipinski definition) is 2. The van der Waals surface area contributed by atoms with E-state index in [0.717, 1.165) is 10.1 Å². The van der Waals surface area contributed by atoms with E-state index in [1.54, 1.807) is 0 Å². The topological polar surface area (TPSA) is 22.1 Å². The number of rotatable bonds is 3. The molecule has 2 rings (SSSR count). The van der Waals surface area contributed by atoms with Crippen molar-refractivity contribution in [2.75, 3.05) is 0 Å². The maximum absolute atomic E-state index is 6.29. The largest absolute Gasteiger partial charge is 0.411 e. The quantitative estimate of drug-likeness (QED) is 0.180. The summed E-state index contributed by atoms with van der Waals surface area (Å²) in [5.74, 6) is 0. The Kier molecular flexibility index (Phi) is 9.93. The summed E-state index contributed by atoms with van der Waals surface area (Å²) >= 11 is 10.5. The minimum Gasteiger partial charge on any atom is -0.411 e. The van der Waals surface area contributed by atoms with E-state index >= 15 is 0 Å². The van der Waals surface area contributed by atoms with Crippen LogP contribution < -0.4 is 0 Å². The Balaban J connectivity index is 0.000000648. The number of fused-ring (bicyclic) bond motifs is 1. The first kappa shape index (κ1) is 23.5. The van der Waals surface area contributed by atoms with E-state index < -0.39 is 8.32 Å². The second-order valence-electron chi connectivity index (χ2n) is 6.89. The van der Waals surface area contributed by atoms with Crippen LogP contribution in [-0.2, 0) is 11.0 Å². The fourth-order valence-electron chi connectivity index (χ4n) is 1.81. The highest BCUT2D eigenvalue weighted by Crippen LogP contribution is 2.37. The molecule has 0 N–H and O–H groups in total. The fourth-order valence-corrected chi connectivity index (χ4v) is 3.24. The number of hydrogen-bond donors (Lipinski definition) is 0. The molecule has 0 fully saturated rings. The highest BCUT2D eigenvalue weighted by atomic mass is 127. The minimum atomic E-state index is -1.74. The predicted molar refractivity (Wildman–Crippen MR) is 137 cm³/mol. The summed E-state index contributed by atoms with van der Waals surface area (Å²) in [7, 11) is -1.74. The van der Waals surface area contributed by atoms with Crippen LogP contribution in [0, 0.1) is 0 Å². The SMILES string of the molecule is CC(C)(C)[Si](C)(C)OCc1nccc2c(Br)cccc12.IC(I)I. The molecule has 0 atom stereocenters. The maximum atomic E-state index is 6.29. The van der Waals surface area contributed by atoms with Crippen LogP contribution in [0.15, 0.2) is 34.9 Å². The highest BCUT2D eigenvalue weighted by molar-refractivity contribution is 14.3. The van der Waals surface area contributed by atoms with Crippen LogP contribution >= 0.6 is 83.7 Å². The van der Waals surface area contributed by atoms with Gasteiger partial charge in [0.1, 0.15) is -0.0619 Å². The molecule has 1 aromatic carbocycles. The molecule has 2 aromatic rings. The van der Waals surface area contributed by atoms with Gasteiger partial charge in [-0.05, 0) is 35.7 Å². The van der Waals surface area contributed by atoms with Crippen molar-refractivity contribution in [1.29, 1.82) is 0 Å². The number of benzene rings is 1. The highest BCUT2D eigenvalue weighted by Gasteiger charge is 2.37. The van der Waals surface area contributed by atoms with E-state index in [-0.39, 0.29) is 5.04 Å². The number of halogens is 4. The third kappa shape index (κ3) is 7.24. The van der Waals surface area contributed by atoms with Gasteiger partial charge in [-0.3, -0.25) is 4.98 Å². The molecule has 0 saturated heterocycles. The lowest BCUT2D eigenvalue weighted by atomic mass is 10.1. The van der Waals surface area contributed by atoms with Crippen molar-refractivity contribution in [3.8, 4) is 0 Å². The van der Waals surface area contributed by atoms with Gasteiger partial charge in [0, 0.05) is 16.1 Å². The van der Waals surface area contributed by atoms with E-state index in [1.807, 2.05) is 18.3 Å². The number of nitrogens with zero attached hydrogens (tertiary/aromatic N) is 1. The smallest absolute Gasteiger partial charge is 0.192 e. The summed E-state index contributed by atoms with van der Waals surface area (Å²) < 4.78 is 8.14. The van der Waals surface area contributed by atoms with Crippen LogP contribution in [0.25, 0.3) is 10.8 Å². The summed E-state index contributed by atoms with van der Waals surface area (Å²) in [4.78, 5) is 4.51. The van der Waals surface area contributed by atoms with Crippen LogP contribution in [0.3, 0.4) is 0 Å². The van der Waals surface area contributed by atoms with Gasteiger partial charge in [0.15, 0.2) is 8.32 Å². The van der Waals surface area contributed by atoms with Crippen molar-refractivity contribution in [3.05, 3.63) is 40.6 Å². The Morgan fingerprint density at radius 2 is 1.71 bits per heavy atom. The second-order valence-corrected chi connectivity index (χ2v) is 23.4. The van der Waals surface area contributed by atoms with Crippen LogP contribution in [0.5, 0.6) is 0 Å². The van der Waals surface area contributed by atoms with Crippen LogP contribution in [0.2, 0.25) is 18.1 Å². The molecule has 7 heteroatoms. The molecule has 0 radical (unpaired) electrons. The molecule has 0 spiro atoms. The molecular formula is C17H23BrI3NOSi. The molecule has 0 unspecified atom stereocenters. The monoisotopic (exact) mass is 745 g/mol. The Hall–Kier alpha value is 1.48. The molecule has 0 bridgehead atoms. The maximum Gasteiger partial charge on any atom is 0.192 e.